The molecule has 0 amide bonds. The van der Waals surface area contributed by atoms with Crippen LogP contribution >= 0.6 is 0 Å². The highest BCUT2D eigenvalue weighted by atomic mass is 19.1. The molecule has 2 fully saturated rings. The Bertz CT molecular complexity index is 524. The van der Waals surface area contributed by atoms with Crippen molar-refractivity contribution in [1.82, 2.24) is 0 Å². The lowest BCUT2D eigenvalue weighted by Gasteiger charge is -2.11. The third kappa shape index (κ3) is 1.19. The molecule has 94 valence electrons. The Morgan fingerprint density at radius 3 is 2.72 bits per heavy atom. The van der Waals surface area contributed by atoms with Crippen molar-refractivity contribution in [3.63, 3.8) is 0 Å². The molecule has 18 heavy (non-hydrogen) atoms. The number of ether oxygens (including phenoxy) is 2. The second-order valence-electron chi connectivity index (χ2n) is 4.59. The van der Waals surface area contributed by atoms with E-state index in [4.69, 9.17) is 9.47 Å². The van der Waals surface area contributed by atoms with Crippen LogP contribution in [0.3, 0.4) is 0 Å². The number of fused-ring (bicyclic) bond motifs is 1. The lowest BCUT2D eigenvalue weighted by atomic mass is 9.99. The van der Waals surface area contributed by atoms with Gasteiger partial charge in [-0.3, -0.25) is 9.59 Å². The molecule has 1 aliphatic heterocycles. The molecule has 0 N–H and O–H groups in total. The van der Waals surface area contributed by atoms with Gasteiger partial charge in [-0.15, -0.1) is 0 Å². The minimum atomic E-state index is -1.20. The van der Waals surface area contributed by atoms with Gasteiger partial charge in [-0.05, 0) is 17.7 Å². The van der Waals surface area contributed by atoms with Crippen LogP contribution in [0.4, 0.5) is 4.39 Å². The molecule has 4 nitrogen and oxygen atoms in total. The molecule has 0 radical (unpaired) electrons. The highest BCUT2D eigenvalue weighted by molar-refractivity contribution is 6.07. The molecular weight excluding hydrogens is 239 g/mol. The topological polar surface area (TPSA) is 52.6 Å². The van der Waals surface area contributed by atoms with E-state index in [1.807, 2.05) is 0 Å². The molecule has 0 aromatic heterocycles. The van der Waals surface area contributed by atoms with Crippen molar-refractivity contribution in [3.05, 3.63) is 35.6 Å². The maximum Gasteiger partial charge on any atom is 0.324 e. The van der Waals surface area contributed by atoms with E-state index >= 15 is 0 Å². The average molecular weight is 250 g/mol. The largest absolute Gasteiger partial charge is 0.468 e. The van der Waals surface area contributed by atoms with Crippen molar-refractivity contribution in [1.29, 1.82) is 0 Å². The fourth-order valence-corrected chi connectivity index (χ4v) is 2.95. The number of rotatable bonds is 2. The van der Waals surface area contributed by atoms with Gasteiger partial charge in [0.1, 0.15) is 5.82 Å². The minimum absolute atomic E-state index is 0.192. The average Bonchev–Trinajstić information content (AvgIpc) is 2.94. The summed E-state index contributed by atoms with van der Waals surface area (Å²) in [7, 11) is 1.25. The van der Waals surface area contributed by atoms with Gasteiger partial charge in [0.15, 0.2) is 5.41 Å². The number of carbonyl (C=O) groups is 2. The summed E-state index contributed by atoms with van der Waals surface area (Å²) in [4.78, 5) is 23.6. The third-order valence-electron chi connectivity index (χ3n) is 3.85. The van der Waals surface area contributed by atoms with E-state index in [0.717, 1.165) is 5.56 Å². The third-order valence-corrected chi connectivity index (χ3v) is 3.85. The van der Waals surface area contributed by atoms with Crippen LogP contribution < -0.4 is 0 Å². The summed E-state index contributed by atoms with van der Waals surface area (Å²) in [5, 5.41) is 0. The zero-order chi connectivity index (χ0) is 12.9. The van der Waals surface area contributed by atoms with Gasteiger partial charge in [0.05, 0.1) is 13.7 Å². The van der Waals surface area contributed by atoms with Crippen LogP contribution in [0.15, 0.2) is 24.3 Å². The standard InChI is InChI=1S/C13H11FO4/c1-17-11(15)13-9(6-18-12(13)16)10(13)7-2-4-8(14)5-3-7/h2-5,9-10H,6H2,1H3/t9-,10-,13-/m1/s1. The number of cyclic esters (lactones) is 1. The number of halogens is 1. The smallest absolute Gasteiger partial charge is 0.324 e. The van der Waals surface area contributed by atoms with Gasteiger partial charge in [0, 0.05) is 11.8 Å². The van der Waals surface area contributed by atoms with E-state index in [2.05, 4.69) is 0 Å². The zero-order valence-corrected chi connectivity index (χ0v) is 9.68. The minimum Gasteiger partial charge on any atom is -0.468 e. The van der Waals surface area contributed by atoms with E-state index in [9.17, 15) is 14.0 Å². The van der Waals surface area contributed by atoms with Crippen LogP contribution in [0, 0.1) is 17.2 Å². The van der Waals surface area contributed by atoms with Crippen LogP contribution in [-0.2, 0) is 19.1 Å². The van der Waals surface area contributed by atoms with Crippen molar-refractivity contribution >= 4 is 11.9 Å². The Morgan fingerprint density at radius 2 is 2.11 bits per heavy atom. The molecule has 0 spiro atoms. The summed E-state index contributed by atoms with van der Waals surface area (Å²) in [6.45, 7) is 0.218. The van der Waals surface area contributed by atoms with Crippen LogP contribution in [0.25, 0.3) is 0 Å². The molecule has 5 heteroatoms. The van der Waals surface area contributed by atoms with Crippen LogP contribution in [0.2, 0.25) is 0 Å². The summed E-state index contributed by atoms with van der Waals surface area (Å²) < 4.78 is 22.5. The molecule has 0 bridgehead atoms. The van der Waals surface area contributed by atoms with Crippen LogP contribution in [0.5, 0.6) is 0 Å². The molecule has 0 unspecified atom stereocenters. The molecule has 3 atom stereocenters. The van der Waals surface area contributed by atoms with Crippen LogP contribution in [-0.4, -0.2) is 25.7 Å². The lowest BCUT2D eigenvalue weighted by molar-refractivity contribution is -0.158. The highest BCUT2D eigenvalue weighted by Gasteiger charge is 2.80. The van der Waals surface area contributed by atoms with Crippen LogP contribution in [0.1, 0.15) is 11.5 Å². The first kappa shape index (κ1) is 11.2. The molecule has 2 aliphatic rings. The van der Waals surface area contributed by atoms with Crippen molar-refractivity contribution < 1.29 is 23.5 Å². The van der Waals surface area contributed by atoms with E-state index in [1.54, 1.807) is 12.1 Å². The van der Waals surface area contributed by atoms with E-state index in [0.29, 0.717) is 0 Å². The zero-order valence-electron chi connectivity index (χ0n) is 9.68. The summed E-state index contributed by atoms with van der Waals surface area (Å²) in [5.41, 5.74) is -0.435. The predicted octanol–water partition coefficient (Wildman–Crippen LogP) is 1.26. The van der Waals surface area contributed by atoms with Gasteiger partial charge < -0.3 is 9.47 Å². The number of carbonyl (C=O) groups excluding carboxylic acids is 2. The molecule has 1 aliphatic carbocycles. The fourth-order valence-electron chi connectivity index (χ4n) is 2.95. The van der Waals surface area contributed by atoms with E-state index in [1.165, 1.54) is 19.2 Å². The van der Waals surface area contributed by atoms with E-state index in [-0.39, 0.29) is 24.3 Å². The molecule has 1 aromatic carbocycles. The Hall–Kier alpha value is -1.91. The molecule has 1 saturated carbocycles. The molecule has 1 saturated heterocycles. The highest BCUT2D eigenvalue weighted by Crippen LogP contribution is 2.69. The quantitative estimate of drug-likeness (QED) is 0.585. The van der Waals surface area contributed by atoms with Gasteiger partial charge >= 0.3 is 11.9 Å². The maximum absolute atomic E-state index is 12.9. The number of esters is 2. The Kier molecular flexibility index (Phi) is 2.20. The Balaban J connectivity index is 1.99. The fraction of sp³-hybridized carbons (Fsp3) is 0.385. The number of hydrogen-bond donors (Lipinski definition) is 0. The first-order valence-corrected chi connectivity index (χ1v) is 5.63. The number of benzene rings is 1. The summed E-state index contributed by atoms with van der Waals surface area (Å²) >= 11 is 0. The Labute approximate surface area is 103 Å². The van der Waals surface area contributed by atoms with Gasteiger partial charge in [0.25, 0.3) is 0 Å². The lowest BCUT2D eigenvalue weighted by Crippen LogP contribution is -2.28. The van der Waals surface area contributed by atoms with Gasteiger partial charge in [-0.2, -0.15) is 0 Å². The molecule has 1 heterocycles. The molecule has 1 aromatic rings. The van der Waals surface area contributed by atoms with Gasteiger partial charge in [-0.1, -0.05) is 12.1 Å². The summed E-state index contributed by atoms with van der Waals surface area (Å²) in [5.74, 6) is -1.90. The normalized spacial score (nSPS) is 32.7. The molecular formula is C13H11FO4. The maximum atomic E-state index is 12.9. The summed E-state index contributed by atoms with van der Waals surface area (Å²) in [6, 6.07) is 5.83. The predicted molar refractivity (Wildman–Crippen MR) is 58.0 cm³/mol. The number of methoxy groups -OCH3 is 1. The van der Waals surface area contributed by atoms with Crippen molar-refractivity contribution in [3.8, 4) is 0 Å². The number of hydrogen-bond acceptors (Lipinski definition) is 4. The van der Waals surface area contributed by atoms with Crippen molar-refractivity contribution in [2.75, 3.05) is 13.7 Å². The molecule has 3 rings (SSSR count). The Morgan fingerprint density at radius 1 is 1.44 bits per heavy atom. The van der Waals surface area contributed by atoms with Gasteiger partial charge in [0.2, 0.25) is 0 Å². The van der Waals surface area contributed by atoms with Crippen molar-refractivity contribution in [2.45, 2.75) is 5.92 Å². The van der Waals surface area contributed by atoms with E-state index < -0.39 is 17.4 Å². The first-order chi connectivity index (χ1) is 8.62. The monoisotopic (exact) mass is 250 g/mol. The van der Waals surface area contributed by atoms with Gasteiger partial charge in [-0.25, -0.2) is 4.39 Å². The SMILES string of the molecule is COC(=O)[C@@]12C(=O)OC[C@@H]1[C@H]2c1ccc(F)cc1. The second-order valence-corrected chi connectivity index (χ2v) is 4.59. The van der Waals surface area contributed by atoms with Crippen molar-refractivity contribution in [2.24, 2.45) is 11.3 Å². The summed E-state index contributed by atoms with van der Waals surface area (Å²) in [6.07, 6.45) is 0. The second kappa shape index (κ2) is 3.54. The first-order valence-electron chi connectivity index (χ1n) is 5.63.